The van der Waals surface area contributed by atoms with Crippen LogP contribution < -0.4 is 9.86 Å². The molecule has 0 radical (unpaired) electrons. The van der Waals surface area contributed by atoms with Gasteiger partial charge in [-0.2, -0.15) is 0 Å². The van der Waals surface area contributed by atoms with E-state index in [1.165, 1.54) is 4.68 Å². The number of hydrogen-bond acceptors (Lipinski definition) is 3. The van der Waals surface area contributed by atoms with Crippen LogP contribution in [0.5, 0.6) is 0 Å². The van der Waals surface area contributed by atoms with Crippen LogP contribution in [0.25, 0.3) is 5.69 Å². The fraction of sp³-hybridized carbons (Fsp3) is 0.211. The molecular weight excluding hydrogens is 421 g/mol. The van der Waals surface area contributed by atoms with Crippen LogP contribution in [-0.4, -0.2) is 24.0 Å². The van der Waals surface area contributed by atoms with Gasteiger partial charge in [0.2, 0.25) is 10.0 Å². The van der Waals surface area contributed by atoms with Gasteiger partial charge < -0.3 is 0 Å². The van der Waals surface area contributed by atoms with Gasteiger partial charge in [-0.15, -0.1) is 0 Å². The average molecular weight is 440 g/mol. The zero-order valence-corrected chi connectivity index (χ0v) is 17.9. The summed E-state index contributed by atoms with van der Waals surface area (Å²) in [6, 6.07) is 13.9. The Morgan fingerprint density at radius 3 is 2.25 bits per heavy atom. The van der Waals surface area contributed by atoms with E-state index in [9.17, 15) is 13.2 Å². The van der Waals surface area contributed by atoms with Crippen molar-refractivity contribution in [1.82, 2.24) is 9.36 Å². The number of nitrogens with zero attached hydrogens (tertiary/aromatic N) is 3. The van der Waals surface area contributed by atoms with Crippen LogP contribution in [0.3, 0.4) is 0 Å². The molecule has 2 aromatic carbocycles. The van der Waals surface area contributed by atoms with Crippen LogP contribution in [0.4, 0.5) is 5.69 Å². The maximum Gasteiger partial charge on any atom is 0.296 e. The van der Waals surface area contributed by atoms with Crippen LogP contribution in [0, 0.1) is 6.92 Å². The second-order valence-corrected chi connectivity index (χ2v) is 9.15. The molecule has 0 spiro atoms. The zero-order valence-electron chi connectivity index (χ0n) is 15.6. The van der Waals surface area contributed by atoms with Gasteiger partial charge in [-0.3, -0.25) is 13.8 Å². The molecule has 3 rings (SSSR count). The molecular formula is C19H19Cl2N3O3S. The van der Waals surface area contributed by atoms with Gasteiger partial charge in [0.25, 0.3) is 5.56 Å². The molecule has 28 heavy (non-hydrogen) atoms. The highest BCUT2D eigenvalue weighted by Crippen LogP contribution is 2.26. The molecule has 1 aromatic heterocycles. The molecule has 148 valence electrons. The molecule has 0 saturated carbocycles. The van der Waals surface area contributed by atoms with Crippen LogP contribution in [-0.2, 0) is 23.6 Å². The minimum atomic E-state index is -3.74. The van der Waals surface area contributed by atoms with E-state index in [0.717, 1.165) is 10.6 Å². The van der Waals surface area contributed by atoms with E-state index >= 15 is 0 Å². The molecule has 1 heterocycles. The van der Waals surface area contributed by atoms with Crippen molar-refractivity contribution in [3.8, 4) is 5.69 Å². The summed E-state index contributed by atoms with van der Waals surface area (Å²) in [5, 5.41) is 0.692. The molecule has 0 aliphatic heterocycles. The standard InChI is InChI=1S/C19H19Cl2N3O3S/c1-13-18(19(25)24(22(13)2)15-7-5-4-6-8-15)23(28(3,26)27)12-14-9-10-16(20)17(21)11-14/h4-11H,12H2,1-3H3. The van der Waals surface area contributed by atoms with Gasteiger partial charge in [-0.25, -0.2) is 13.1 Å². The SMILES string of the molecule is Cc1c(N(Cc2ccc(Cl)c(Cl)c2)S(C)(=O)=O)c(=O)n(-c2ccccc2)n1C. The molecule has 0 aliphatic carbocycles. The minimum absolute atomic E-state index is 0.0371. The van der Waals surface area contributed by atoms with Crippen molar-refractivity contribution in [3.63, 3.8) is 0 Å². The van der Waals surface area contributed by atoms with Crippen molar-refractivity contribution in [1.29, 1.82) is 0 Å². The number of anilines is 1. The second kappa shape index (κ2) is 7.66. The molecule has 9 heteroatoms. The average Bonchev–Trinajstić information content (AvgIpc) is 2.85. The predicted octanol–water partition coefficient (Wildman–Crippen LogP) is 3.76. The number of sulfonamides is 1. The third kappa shape index (κ3) is 3.83. The Morgan fingerprint density at radius 1 is 1.04 bits per heavy atom. The first-order valence-corrected chi connectivity index (χ1v) is 11.0. The number of para-hydroxylation sites is 1. The maximum absolute atomic E-state index is 13.2. The molecule has 6 nitrogen and oxygen atoms in total. The van der Waals surface area contributed by atoms with E-state index in [-0.39, 0.29) is 12.2 Å². The summed E-state index contributed by atoms with van der Waals surface area (Å²) in [4.78, 5) is 13.2. The van der Waals surface area contributed by atoms with Gasteiger partial charge in [0, 0.05) is 7.05 Å². The summed E-state index contributed by atoms with van der Waals surface area (Å²) in [6.07, 6.45) is 1.07. The van der Waals surface area contributed by atoms with Crippen molar-refractivity contribution in [2.75, 3.05) is 10.6 Å². The predicted molar refractivity (Wildman–Crippen MR) is 113 cm³/mol. The first kappa shape index (κ1) is 20.5. The third-order valence-corrected chi connectivity index (χ3v) is 6.34. The van der Waals surface area contributed by atoms with Crippen LogP contribution in [0.1, 0.15) is 11.3 Å². The van der Waals surface area contributed by atoms with Crippen molar-refractivity contribution in [2.45, 2.75) is 13.5 Å². The summed E-state index contributed by atoms with van der Waals surface area (Å²) >= 11 is 12.0. The smallest absolute Gasteiger partial charge is 0.283 e. The van der Waals surface area contributed by atoms with Crippen molar-refractivity contribution < 1.29 is 8.42 Å². The summed E-state index contributed by atoms with van der Waals surface area (Å²) in [5.74, 6) is 0. The highest BCUT2D eigenvalue weighted by molar-refractivity contribution is 7.92. The summed E-state index contributed by atoms with van der Waals surface area (Å²) in [5.41, 5.74) is 1.47. The Labute approximate surface area is 173 Å². The molecule has 0 fully saturated rings. The highest BCUT2D eigenvalue weighted by Gasteiger charge is 2.27. The van der Waals surface area contributed by atoms with Gasteiger partial charge >= 0.3 is 0 Å². The summed E-state index contributed by atoms with van der Waals surface area (Å²) < 4.78 is 29.3. The quantitative estimate of drug-likeness (QED) is 0.607. The Balaban J connectivity index is 2.17. The third-order valence-electron chi connectivity index (χ3n) is 4.48. The Morgan fingerprint density at radius 2 is 1.68 bits per heavy atom. The fourth-order valence-electron chi connectivity index (χ4n) is 3.01. The van der Waals surface area contributed by atoms with E-state index < -0.39 is 15.6 Å². The monoisotopic (exact) mass is 439 g/mol. The first-order valence-electron chi connectivity index (χ1n) is 8.37. The zero-order chi connectivity index (χ0) is 20.6. The minimum Gasteiger partial charge on any atom is -0.283 e. The lowest BCUT2D eigenvalue weighted by Crippen LogP contribution is -2.34. The van der Waals surface area contributed by atoms with Gasteiger partial charge in [-0.05, 0) is 36.8 Å². The lowest BCUT2D eigenvalue weighted by molar-refractivity contribution is 0.596. The van der Waals surface area contributed by atoms with Crippen molar-refractivity contribution in [3.05, 3.63) is 80.2 Å². The van der Waals surface area contributed by atoms with E-state index in [2.05, 4.69) is 0 Å². The van der Waals surface area contributed by atoms with Crippen molar-refractivity contribution in [2.24, 2.45) is 7.05 Å². The number of rotatable bonds is 5. The van der Waals surface area contributed by atoms with E-state index in [0.29, 0.717) is 27.0 Å². The molecule has 0 bridgehead atoms. The topological polar surface area (TPSA) is 64.3 Å². The summed E-state index contributed by atoms with van der Waals surface area (Å²) in [6.45, 7) is 1.67. The number of benzene rings is 2. The molecule has 0 unspecified atom stereocenters. The van der Waals surface area contributed by atoms with Gasteiger partial charge in [-0.1, -0.05) is 47.5 Å². The van der Waals surface area contributed by atoms with E-state index in [1.54, 1.807) is 49.0 Å². The van der Waals surface area contributed by atoms with E-state index in [1.807, 2.05) is 18.2 Å². The Hall–Kier alpha value is -2.22. The molecule has 0 aliphatic rings. The van der Waals surface area contributed by atoms with Crippen LogP contribution >= 0.6 is 23.2 Å². The summed E-state index contributed by atoms with van der Waals surface area (Å²) in [7, 11) is -2.02. The number of hydrogen-bond donors (Lipinski definition) is 0. The Bertz CT molecular complexity index is 1190. The molecule has 0 atom stereocenters. The first-order chi connectivity index (χ1) is 13.1. The number of aromatic nitrogens is 2. The van der Waals surface area contributed by atoms with Gasteiger partial charge in [0.1, 0.15) is 5.69 Å². The molecule has 3 aromatic rings. The maximum atomic E-state index is 13.2. The van der Waals surface area contributed by atoms with Crippen LogP contribution in [0.2, 0.25) is 10.0 Å². The lowest BCUT2D eigenvalue weighted by Gasteiger charge is -2.21. The molecule has 0 amide bonds. The van der Waals surface area contributed by atoms with Gasteiger partial charge in [0.05, 0.1) is 34.2 Å². The molecule has 0 N–H and O–H groups in total. The second-order valence-electron chi connectivity index (χ2n) is 6.43. The van der Waals surface area contributed by atoms with E-state index in [4.69, 9.17) is 23.2 Å². The van der Waals surface area contributed by atoms with Crippen LogP contribution in [0.15, 0.2) is 53.3 Å². The molecule has 0 saturated heterocycles. The highest BCUT2D eigenvalue weighted by atomic mass is 35.5. The lowest BCUT2D eigenvalue weighted by atomic mass is 10.2. The fourth-order valence-corrected chi connectivity index (χ4v) is 4.25. The number of halogens is 2. The Kier molecular flexibility index (Phi) is 5.61. The van der Waals surface area contributed by atoms with Crippen molar-refractivity contribution >= 4 is 38.9 Å². The largest absolute Gasteiger partial charge is 0.296 e. The van der Waals surface area contributed by atoms with Gasteiger partial charge in [0.15, 0.2) is 0 Å². The normalized spacial score (nSPS) is 11.6.